The van der Waals surface area contributed by atoms with Gasteiger partial charge >= 0.3 is 0 Å². The first-order valence-electron chi connectivity index (χ1n) is 10.6. The van der Waals surface area contributed by atoms with E-state index in [1.807, 2.05) is 25.1 Å². The van der Waals surface area contributed by atoms with Gasteiger partial charge in [-0.25, -0.2) is 4.98 Å². The fourth-order valence-corrected chi connectivity index (χ4v) is 5.02. The van der Waals surface area contributed by atoms with Gasteiger partial charge in [-0.1, -0.05) is 17.7 Å². The quantitative estimate of drug-likeness (QED) is 0.460. The number of nitrogens with two attached hydrogens (primary N) is 1. The first-order valence-corrected chi connectivity index (χ1v) is 12.2. The number of fused-ring (bicyclic) bond motifs is 1. The van der Waals surface area contributed by atoms with E-state index in [0.717, 1.165) is 11.3 Å². The van der Waals surface area contributed by atoms with Gasteiger partial charge in [0.25, 0.3) is 11.5 Å². The molecule has 0 atom stereocenters. The lowest BCUT2D eigenvalue weighted by Gasteiger charge is -2.35. The average Bonchev–Trinajstić information content (AvgIpc) is 3.27. The maximum absolute atomic E-state index is 13.5. The molecule has 1 aromatic carbocycles. The smallest absolute Gasteiger partial charge is 0.282 e. The van der Waals surface area contributed by atoms with Crippen LogP contribution in [0.15, 0.2) is 57.8 Å². The lowest BCUT2D eigenvalue weighted by molar-refractivity contribution is 0.0741. The predicted molar refractivity (Wildman–Crippen MR) is 134 cm³/mol. The van der Waals surface area contributed by atoms with Crippen molar-refractivity contribution < 1.29 is 8.68 Å². The number of pyridine rings is 1. The van der Waals surface area contributed by atoms with Crippen molar-refractivity contribution in [2.75, 3.05) is 36.8 Å². The Morgan fingerprint density at radius 3 is 2.44 bits per heavy atom. The number of thiophene rings is 1. The van der Waals surface area contributed by atoms with Crippen molar-refractivity contribution >= 4 is 50.9 Å². The molecule has 0 aliphatic carbocycles. The zero-order chi connectivity index (χ0) is 23.8. The Kier molecular flexibility index (Phi) is 5.96. The summed E-state index contributed by atoms with van der Waals surface area (Å²) < 4.78 is 13.9. The van der Waals surface area contributed by atoms with E-state index < -0.39 is 0 Å². The number of hydrogen-bond donors (Lipinski definition) is 1. The maximum atomic E-state index is 13.5. The molecular formula is C23H21FN6O2S2. The molecule has 0 bridgehead atoms. The van der Waals surface area contributed by atoms with Gasteiger partial charge in [-0.05, 0) is 31.2 Å². The summed E-state index contributed by atoms with van der Waals surface area (Å²) in [5.74, 6) is -0.245. The van der Waals surface area contributed by atoms with Crippen molar-refractivity contribution in [3.05, 3.63) is 69.6 Å². The summed E-state index contributed by atoms with van der Waals surface area (Å²) >= 11 is 1.34. The molecule has 11 heteroatoms. The van der Waals surface area contributed by atoms with Gasteiger partial charge in [-0.2, -0.15) is 13.7 Å². The molecular weight excluding hydrogens is 475 g/mol. The Labute approximate surface area is 203 Å². The van der Waals surface area contributed by atoms with Gasteiger partial charge in [-0.3, -0.25) is 9.59 Å². The number of benzene rings is 1. The summed E-state index contributed by atoms with van der Waals surface area (Å²) in [5.41, 5.74) is 8.48. The lowest BCUT2D eigenvalue weighted by atomic mass is 10.1. The molecule has 1 fully saturated rings. The normalized spacial score (nSPS) is 14.1. The molecule has 1 aliphatic heterocycles. The van der Waals surface area contributed by atoms with Crippen LogP contribution in [0, 0.1) is 6.92 Å². The molecule has 34 heavy (non-hydrogen) atoms. The number of carbonyl (C=O) groups excluding carboxylic acids is 1. The highest BCUT2D eigenvalue weighted by Crippen LogP contribution is 2.28. The number of nitrogens with zero attached hydrogens (tertiary/aromatic N) is 5. The molecule has 1 amide bonds. The Balaban J connectivity index is 1.45. The summed E-state index contributed by atoms with van der Waals surface area (Å²) in [4.78, 5) is 34.6. The minimum atomic E-state index is -0.346. The third kappa shape index (κ3) is 4.01. The van der Waals surface area contributed by atoms with E-state index in [0.29, 0.717) is 52.7 Å². The van der Waals surface area contributed by atoms with Crippen LogP contribution in [0.1, 0.15) is 16.1 Å². The third-order valence-electron chi connectivity index (χ3n) is 5.89. The number of hydrogen-bond acceptors (Lipinski definition) is 8. The Hall–Kier alpha value is -3.44. The number of halogens is 1. The average molecular weight is 497 g/mol. The first kappa shape index (κ1) is 22.4. The van der Waals surface area contributed by atoms with Gasteiger partial charge in [0.2, 0.25) is 0 Å². The van der Waals surface area contributed by atoms with E-state index in [1.165, 1.54) is 16.0 Å². The number of aromatic nitrogens is 3. The van der Waals surface area contributed by atoms with Crippen LogP contribution < -0.4 is 16.2 Å². The molecule has 0 unspecified atom stereocenters. The first-order chi connectivity index (χ1) is 16.5. The van der Waals surface area contributed by atoms with Crippen LogP contribution in [-0.2, 0) is 0 Å². The van der Waals surface area contributed by atoms with E-state index in [-0.39, 0.29) is 29.3 Å². The number of amides is 1. The van der Waals surface area contributed by atoms with Gasteiger partial charge in [0.1, 0.15) is 17.2 Å². The minimum Gasteiger partial charge on any atom is -0.390 e. The number of rotatable bonds is 4. The van der Waals surface area contributed by atoms with Gasteiger partial charge in [0.15, 0.2) is 5.69 Å². The number of piperazine rings is 1. The third-order valence-corrected chi connectivity index (χ3v) is 7.10. The maximum Gasteiger partial charge on any atom is 0.282 e. The second kappa shape index (κ2) is 9.07. The fraction of sp³-hybridized carbons (Fsp3) is 0.217. The van der Waals surface area contributed by atoms with Crippen molar-refractivity contribution in [2.24, 2.45) is 0 Å². The molecule has 1 aliphatic rings. The molecule has 0 saturated carbocycles. The highest BCUT2D eigenvalue weighted by Gasteiger charge is 2.27. The monoisotopic (exact) mass is 496 g/mol. The van der Waals surface area contributed by atoms with Gasteiger partial charge in [-0.15, -0.1) is 11.3 Å². The van der Waals surface area contributed by atoms with Crippen LogP contribution in [0.2, 0.25) is 0 Å². The molecule has 4 heterocycles. The zero-order valence-corrected chi connectivity index (χ0v) is 19.9. The number of anilines is 2. The van der Waals surface area contributed by atoms with Crippen LogP contribution in [0.25, 0.3) is 16.5 Å². The Morgan fingerprint density at radius 1 is 1.09 bits per heavy atom. The van der Waals surface area contributed by atoms with E-state index in [9.17, 15) is 13.5 Å². The van der Waals surface area contributed by atoms with Crippen LogP contribution in [-0.4, -0.2) is 51.8 Å². The van der Waals surface area contributed by atoms with Crippen LogP contribution in [0.5, 0.6) is 0 Å². The molecule has 0 radical (unpaired) electrons. The summed E-state index contributed by atoms with van der Waals surface area (Å²) in [6.45, 7) is 4.11. The predicted octanol–water partition coefficient (Wildman–Crippen LogP) is 3.67. The molecule has 8 nitrogen and oxygen atoms in total. The number of carbonyl (C=O) groups is 1. The molecule has 3 aromatic heterocycles. The number of aryl methyl sites for hydroxylation is 1. The van der Waals surface area contributed by atoms with Gasteiger partial charge in [0.05, 0.1) is 28.0 Å². The lowest BCUT2D eigenvalue weighted by Crippen LogP contribution is -2.49. The second-order valence-corrected chi connectivity index (χ2v) is 9.48. The SMILES string of the molecule is Cc1ccc(-n2nc(C(=O)N3CCN(c4ccc(SF)nc4)CC3)c3csc(N)c3c2=O)cc1. The van der Waals surface area contributed by atoms with Crippen LogP contribution in [0.3, 0.4) is 0 Å². The molecule has 1 saturated heterocycles. The van der Waals surface area contributed by atoms with Gasteiger partial charge in [0, 0.05) is 36.9 Å². The van der Waals surface area contributed by atoms with E-state index in [4.69, 9.17) is 5.73 Å². The highest BCUT2D eigenvalue weighted by atomic mass is 32.2. The zero-order valence-electron chi connectivity index (χ0n) is 18.3. The number of nitrogen functional groups attached to an aromatic ring is 1. The van der Waals surface area contributed by atoms with E-state index in [2.05, 4.69) is 15.0 Å². The standard InChI is InChI=1S/C23H21FN6O2S2/c1-14-2-4-15(5-3-14)30-22(31)19-17(13-33-21(19)25)20(27-30)23(32)29-10-8-28(9-11-29)16-6-7-18(34-24)26-12-16/h2-7,12-13H,8-11,25H2,1H3. The van der Waals surface area contributed by atoms with Crippen LogP contribution >= 0.6 is 23.5 Å². The van der Waals surface area contributed by atoms with E-state index in [1.54, 1.807) is 34.7 Å². The fourth-order valence-electron chi connectivity index (χ4n) is 4.01. The summed E-state index contributed by atoms with van der Waals surface area (Å²) in [6, 6.07) is 10.8. The molecule has 5 rings (SSSR count). The van der Waals surface area contributed by atoms with Crippen molar-refractivity contribution in [2.45, 2.75) is 11.9 Å². The minimum absolute atomic E-state index is 0.108. The molecule has 0 spiro atoms. The van der Waals surface area contributed by atoms with Crippen molar-refractivity contribution in [3.8, 4) is 5.69 Å². The molecule has 2 N–H and O–H groups in total. The Bertz CT molecular complexity index is 1410. The second-order valence-electron chi connectivity index (χ2n) is 8.00. The topological polar surface area (TPSA) is 97.3 Å². The van der Waals surface area contributed by atoms with Crippen LogP contribution in [0.4, 0.5) is 14.6 Å². The van der Waals surface area contributed by atoms with Crippen molar-refractivity contribution in [1.29, 1.82) is 0 Å². The van der Waals surface area contributed by atoms with Crippen molar-refractivity contribution in [1.82, 2.24) is 19.7 Å². The molecule has 174 valence electrons. The molecule has 4 aromatic rings. The summed E-state index contributed by atoms with van der Waals surface area (Å²) in [5, 5.41) is 7.68. The Morgan fingerprint density at radius 2 is 1.79 bits per heavy atom. The summed E-state index contributed by atoms with van der Waals surface area (Å²) in [6.07, 6.45) is 1.64. The van der Waals surface area contributed by atoms with E-state index >= 15 is 0 Å². The summed E-state index contributed by atoms with van der Waals surface area (Å²) in [7, 11) is 0. The van der Waals surface area contributed by atoms with Crippen molar-refractivity contribution in [3.63, 3.8) is 0 Å². The van der Waals surface area contributed by atoms with Gasteiger partial charge < -0.3 is 15.5 Å². The highest BCUT2D eigenvalue weighted by molar-refractivity contribution is 7.94. The largest absolute Gasteiger partial charge is 0.390 e.